The number of rotatable bonds is 12. The van der Waals surface area contributed by atoms with Crippen molar-refractivity contribution in [3.8, 4) is 0 Å². The van der Waals surface area contributed by atoms with Crippen molar-refractivity contribution in [2.24, 2.45) is 0 Å². The molecular formula is C17H25NO5S2. The fraction of sp³-hybridized carbons (Fsp3) is 0.588. The predicted octanol–water partition coefficient (Wildman–Crippen LogP) is 2.64. The molecule has 8 heteroatoms. The average Bonchev–Trinajstić information content (AvgIpc) is 3.13. The van der Waals surface area contributed by atoms with Gasteiger partial charge in [0.25, 0.3) is 0 Å². The van der Waals surface area contributed by atoms with Crippen LogP contribution in [0.2, 0.25) is 0 Å². The summed E-state index contributed by atoms with van der Waals surface area (Å²) in [6.45, 7) is 6.44. The molecule has 1 heterocycles. The number of hydrogen-bond donors (Lipinski definition) is 1. The first-order valence-corrected chi connectivity index (χ1v) is 10.6. The van der Waals surface area contributed by atoms with Gasteiger partial charge in [-0.25, -0.2) is 9.59 Å². The molecule has 1 saturated heterocycles. The Bertz CT molecular complexity index is 454. The zero-order valence-corrected chi connectivity index (χ0v) is 15.9. The van der Waals surface area contributed by atoms with Crippen molar-refractivity contribution in [1.82, 2.24) is 5.32 Å². The third kappa shape index (κ3) is 10.2. The highest BCUT2D eigenvalue weighted by atomic mass is 33.1. The van der Waals surface area contributed by atoms with Crippen LogP contribution in [0.1, 0.15) is 32.1 Å². The molecule has 1 atom stereocenters. The maximum absolute atomic E-state index is 12.0. The SMILES string of the molecule is C=CC(=O)OCC(COC(=O)C=C)NC(=O)CCCCC1CCSS1. The van der Waals surface area contributed by atoms with Crippen LogP contribution in [0.3, 0.4) is 0 Å². The summed E-state index contributed by atoms with van der Waals surface area (Å²) in [5.74, 6) is -0.130. The molecule has 0 aliphatic carbocycles. The van der Waals surface area contributed by atoms with Crippen molar-refractivity contribution in [2.45, 2.75) is 43.4 Å². The maximum atomic E-state index is 12.0. The van der Waals surface area contributed by atoms with E-state index in [4.69, 9.17) is 9.47 Å². The molecule has 1 N–H and O–H groups in total. The van der Waals surface area contributed by atoms with Gasteiger partial charge in [0.15, 0.2) is 0 Å². The highest BCUT2D eigenvalue weighted by Gasteiger charge is 2.18. The first kappa shape index (κ1) is 21.6. The minimum Gasteiger partial charge on any atom is -0.460 e. The number of ether oxygens (including phenoxy) is 2. The second kappa shape index (κ2) is 12.9. The smallest absolute Gasteiger partial charge is 0.330 e. The summed E-state index contributed by atoms with van der Waals surface area (Å²) >= 11 is 0. The molecule has 0 radical (unpaired) electrons. The summed E-state index contributed by atoms with van der Waals surface area (Å²) in [6, 6.07) is -0.595. The van der Waals surface area contributed by atoms with Gasteiger partial charge in [0.1, 0.15) is 13.2 Å². The van der Waals surface area contributed by atoms with E-state index in [1.165, 1.54) is 12.2 Å². The van der Waals surface area contributed by atoms with Gasteiger partial charge in [-0.05, 0) is 19.3 Å². The molecule has 1 aliphatic rings. The minimum absolute atomic E-state index is 0.0864. The Kier molecular flexibility index (Phi) is 11.1. The summed E-state index contributed by atoms with van der Waals surface area (Å²) in [5.41, 5.74) is 0. The Labute approximate surface area is 156 Å². The van der Waals surface area contributed by atoms with Gasteiger partial charge in [0, 0.05) is 29.6 Å². The first-order valence-electron chi connectivity index (χ1n) is 8.21. The normalized spacial score (nSPS) is 16.3. The highest BCUT2D eigenvalue weighted by molar-refractivity contribution is 8.77. The van der Waals surface area contributed by atoms with Gasteiger partial charge in [0.2, 0.25) is 5.91 Å². The van der Waals surface area contributed by atoms with E-state index >= 15 is 0 Å². The van der Waals surface area contributed by atoms with Crippen molar-refractivity contribution in [2.75, 3.05) is 19.0 Å². The first-order chi connectivity index (χ1) is 12.0. The Balaban J connectivity index is 2.29. The Morgan fingerprint density at radius 3 is 2.28 bits per heavy atom. The Hall–Kier alpha value is -1.41. The molecule has 6 nitrogen and oxygen atoms in total. The van der Waals surface area contributed by atoms with Gasteiger partial charge in [-0.15, -0.1) is 0 Å². The molecule has 1 unspecified atom stereocenters. The van der Waals surface area contributed by atoms with Crippen LogP contribution >= 0.6 is 21.6 Å². The van der Waals surface area contributed by atoms with E-state index < -0.39 is 18.0 Å². The van der Waals surface area contributed by atoms with Crippen molar-refractivity contribution in [3.05, 3.63) is 25.3 Å². The van der Waals surface area contributed by atoms with E-state index in [1.807, 2.05) is 21.6 Å². The third-order valence-electron chi connectivity index (χ3n) is 3.46. The van der Waals surface area contributed by atoms with Crippen molar-refractivity contribution in [3.63, 3.8) is 0 Å². The summed E-state index contributed by atoms with van der Waals surface area (Å²) in [5, 5.41) is 3.44. The molecule has 0 bridgehead atoms. The lowest BCUT2D eigenvalue weighted by Crippen LogP contribution is -2.42. The van der Waals surface area contributed by atoms with Crippen molar-refractivity contribution >= 4 is 39.4 Å². The molecule has 25 heavy (non-hydrogen) atoms. The van der Waals surface area contributed by atoms with Crippen LogP contribution < -0.4 is 5.32 Å². The number of carbonyl (C=O) groups excluding carboxylic acids is 3. The summed E-state index contributed by atoms with van der Waals surface area (Å²) in [6.07, 6.45) is 6.65. The number of carbonyl (C=O) groups is 3. The standard InChI is InChI=1S/C17H25NO5S2/c1-3-16(20)22-11-13(12-23-17(21)4-2)18-15(19)8-6-5-7-14-9-10-24-25-14/h3-4,13-14H,1-2,5-12H2,(H,18,19). The fourth-order valence-electron chi connectivity index (χ4n) is 2.14. The van der Waals surface area contributed by atoms with E-state index in [0.717, 1.165) is 31.4 Å². The number of esters is 2. The Morgan fingerprint density at radius 1 is 1.12 bits per heavy atom. The minimum atomic E-state index is -0.596. The second-order valence-corrected chi connectivity index (χ2v) is 8.29. The van der Waals surface area contributed by atoms with E-state index in [-0.39, 0.29) is 19.1 Å². The lowest BCUT2D eigenvalue weighted by atomic mass is 10.1. The van der Waals surface area contributed by atoms with Crippen LogP contribution in [0.15, 0.2) is 25.3 Å². The lowest BCUT2D eigenvalue weighted by Gasteiger charge is -2.18. The second-order valence-electron chi connectivity index (χ2n) is 5.51. The largest absolute Gasteiger partial charge is 0.460 e. The number of unbranched alkanes of at least 4 members (excludes halogenated alkanes) is 1. The van der Waals surface area contributed by atoms with E-state index in [9.17, 15) is 14.4 Å². The van der Waals surface area contributed by atoms with Gasteiger partial charge in [-0.3, -0.25) is 4.79 Å². The molecule has 0 aromatic heterocycles. The average molecular weight is 388 g/mol. The topological polar surface area (TPSA) is 81.7 Å². The molecule has 0 aromatic rings. The van der Waals surface area contributed by atoms with Crippen LogP contribution in [0.4, 0.5) is 0 Å². The van der Waals surface area contributed by atoms with Crippen LogP contribution in [-0.4, -0.2) is 48.1 Å². The molecule has 0 saturated carbocycles. The van der Waals surface area contributed by atoms with Crippen molar-refractivity contribution < 1.29 is 23.9 Å². The van der Waals surface area contributed by atoms with E-state index in [2.05, 4.69) is 18.5 Å². The zero-order chi connectivity index (χ0) is 18.5. The molecular weight excluding hydrogens is 362 g/mol. The molecule has 1 aliphatic heterocycles. The van der Waals surface area contributed by atoms with Gasteiger partial charge >= 0.3 is 11.9 Å². The summed E-state index contributed by atoms with van der Waals surface area (Å²) < 4.78 is 9.84. The fourth-order valence-corrected chi connectivity index (χ4v) is 5.16. The van der Waals surface area contributed by atoms with Crippen molar-refractivity contribution in [1.29, 1.82) is 0 Å². The third-order valence-corrected chi connectivity index (χ3v) is 6.47. The highest BCUT2D eigenvalue weighted by Crippen LogP contribution is 2.39. The molecule has 1 fully saturated rings. The molecule has 1 amide bonds. The van der Waals surface area contributed by atoms with Gasteiger partial charge in [0.05, 0.1) is 6.04 Å². The maximum Gasteiger partial charge on any atom is 0.330 e. The number of amides is 1. The number of hydrogen-bond acceptors (Lipinski definition) is 7. The predicted molar refractivity (Wildman–Crippen MR) is 101 cm³/mol. The molecule has 0 spiro atoms. The number of nitrogens with one attached hydrogen (secondary N) is 1. The monoisotopic (exact) mass is 387 g/mol. The molecule has 140 valence electrons. The van der Waals surface area contributed by atoms with Crippen LogP contribution in [0.25, 0.3) is 0 Å². The summed E-state index contributed by atoms with van der Waals surface area (Å²) in [4.78, 5) is 34.3. The van der Waals surface area contributed by atoms with Crippen LogP contribution in [-0.2, 0) is 23.9 Å². The molecule has 1 rings (SSSR count). The van der Waals surface area contributed by atoms with Crippen LogP contribution in [0, 0.1) is 0 Å². The van der Waals surface area contributed by atoms with Gasteiger partial charge in [-0.2, -0.15) is 0 Å². The van der Waals surface area contributed by atoms with Crippen LogP contribution in [0.5, 0.6) is 0 Å². The summed E-state index contributed by atoms with van der Waals surface area (Å²) in [7, 11) is 3.85. The van der Waals surface area contributed by atoms with Gasteiger partial charge < -0.3 is 14.8 Å². The zero-order valence-electron chi connectivity index (χ0n) is 14.2. The quantitative estimate of drug-likeness (QED) is 0.239. The lowest BCUT2D eigenvalue weighted by molar-refractivity contribution is -0.143. The van der Waals surface area contributed by atoms with Gasteiger partial charge in [-0.1, -0.05) is 41.2 Å². The Morgan fingerprint density at radius 2 is 1.76 bits per heavy atom. The molecule has 0 aromatic carbocycles. The van der Waals surface area contributed by atoms with E-state index in [0.29, 0.717) is 11.7 Å². The van der Waals surface area contributed by atoms with E-state index in [1.54, 1.807) is 0 Å².